The molecule has 5 nitrogen and oxygen atoms in total. The normalized spacial score (nSPS) is 27.6. The molecule has 17 heavy (non-hydrogen) atoms. The summed E-state index contributed by atoms with van der Waals surface area (Å²) in [6, 6.07) is 0.666. The van der Waals surface area contributed by atoms with Gasteiger partial charge in [0.05, 0.1) is 11.9 Å². The van der Waals surface area contributed by atoms with Crippen molar-refractivity contribution >= 4 is 5.84 Å². The molecule has 1 aliphatic heterocycles. The van der Waals surface area contributed by atoms with Crippen molar-refractivity contribution in [2.75, 3.05) is 27.2 Å². The molecule has 0 amide bonds. The highest BCUT2D eigenvalue weighted by molar-refractivity contribution is 5.77. The molecule has 1 rings (SSSR count). The molecule has 1 saturated heterocycles. The highest BCUT2D eigenvalue weighted by Crippen LogP contribution is 2.24. The first-order valence-corrected chi connectivity index (χ1v) is 6.35. The number of amidine groups is 1. The van der Waals surface area contributed by atoms with Crippen LogP contribution in [0.3, 0.4) is 0 Å². The molecule has 3 atom stereocenters. The van der Waals surface area contributed by atoms with E-state index in [9.17, 15) is 5.11 Å². The van der Waals surface area contributed by atoms with Crippen LogP contribution in [0, 0.1) is 5.41 Å². The van der Waals surface area contributed by atoms with E-state index in [0.29, 0.717) is 19.0 Å². The van der Waals surface area contributed by atoms with E-state index in [1.165, 1.54) is 0 Å². The Morgan fingerprint density at radius 2 is 2.24 bits per heavy atom. The van der Waals surface area contributed by atoms with E-state index in [1.807, 2.05) is 0 Å². The van der Waals surface area contributed by atoms with Crippen molar-refractivity contribution in [3.8, 4) is 0 Å². The third-order valence-electron chi connectivity index (χ3n) is 3.41. The van der Waals surface area contributed by atoms with Gasteiger partial charge in [0.25, 0.3) is 0 Å². The van der Waals surface area contributed by atoms with E-state index in [1.54, 1.807) is 0 Å². The Morgan fingerprint density at radius 1 is 1.59 bits per heavy atom. The fraction of sp³-hybridized carbons (Fsp3) is 0.917. The molecule has 0 aromatic heterocycles. The number of aliphatic hydroxyl groups excluding tert-OH is 1. The lowest BCUT2D eigenvalue weighted by molar-refractivity contribution is 0.135. The van der Waals surface area contributed by atoms with Gasteiger partial charge in [-0.1, -0.05) is 6.92 Å². The maximum Gasteiger partial charge on any atom is 0.0921 e. The predicted molar refractivity (Wildman–Crippen MR) is 70.3 cm³/mol. The van der Waals surface area contributed by atoms with E-state index >= 15 is 0 Å². The van der Waals surface area contributed by atoms with Crippen LogP contribution >= 0.6 is 0 Å². The lowest BCUT2D eigenvalue weighted by Gasteiger charge is -2.33. The smallest absolute Gasteiger partial charge is 0.0921 e. The van der Waals surface area contributed by atoms with Crippen LogP contribution in [-0.4, -0.2) is 66.1 Å². The van der Waals surface area contributed by atoms with Crippen LogP contribution in [0.2, 0.25) is 0 Å². The van der Waals surface area contributed by atoms with E-state index in [4.69, 9.17) is 11.1 Å². The Labute approximate surface area is 104 Å². The van der Waals surface area contributed by atoms with Gasteiger partial charge < -0.3 is 15.7 Å². The molecule has 0 radical (unpaired) electrons. The van der Waals surface area contributed by atoms with E-state index < -0.39 is 0 Å². The number of aliphatic hydroxyl groups is 1. The molecule has 100 valence electrons. The number of nitrogens with zero attached hydrogens (tertiary/aromatic N) is 2. The third-order valence-corrected chi connectivity index (χ3v) is 3.41. The second-order valence-electron chi connectivity index (χ2n) is 5.29. The Kier molecular flexibility index (Phi) is 5.36. The minimum atomic E-state index is -0.235. The van der Waals surface area contributed by atoms with Gasteiger partial charge in [-0.25, -0.2) is 0 Å². The van der Waals surface area contributed by atoms with Crippen molar-refractivity contribution in [3.63, 3.8) is 0 Å². The van der Waals surface area contributed by atoms with Gasteiger partial charge in [-0.05, 0) is 26.9 Å². The molecule has 0 aromatic carbocycles. The fourth-order valence-electron chi connectivity index (χ4n) is 2.71. The SMILES string of the molecule is CCC(CC(=N)N)N1CC(O)CC1CN(C)C. The third kappa shape index (κ3) is 4.26. The minimum Gasteiger partial charge on any atom is -0.392 e. The minimum absolute atomic E-state index is 0.235. The number of β-amino-alcohol motifs (C(OH)–C–C–N with tert-alkyl or cyclic N) is 1. The van der Waals surface area contributed by atoms with E-state index in [-0.39, 0.29) is 18.0 Å². The van der Waals surface area contributed by atoms with E-state index in [2.05, 4.69) is 30.8 Å². The van der Waals surface area contributed by atoms with Crippen LogP contribution < -0.4 is 5.73 Å². The first kappa shape index (κ1) is 14.4. The fourth-order valence-corrected chi connectivity index (χ4v) is 2.71. The van der Waals surface area contributed by atoms with Gasteiger partial charge in [0, 0.05) is 31.6 Å². The Morgan fingerprint density at radius 3 is 2.71 bits per heavy atom. The van der Waals surface area contributed by atoms with Crippen molar-refractivity contribution in [1.82, 2.24) is 9.80 Å². The summed E-state index contributed by atoms with van der Waals surface area (Å²) in [7, 11) is 4.10. The Bertz CT molecular complexity index is 257. The summed E-state index contributed by atoms with van der Waals surface area (Å²) < 4.78 is 0. The summed E-state index contributed by atoms with van der Waals surface area (Å²) in [5.74, 6) is 0.238. The average molecular weight is 242 g/mol. The van der Waals surface area contributed by atoms with Crippen molar-refractivity contribution < 1.29 is 5.11 Å². The summed E-state index contributed by atoms with van der Waals surface area (Å²) in [5, 5.41) is 17.2. The largest absolute Gasteiger partial charge is 0.392 e. The molecule has 1 aliphatic rings. The van der Waals surface area contributed by atoms with Crippen LogP contribution in [0.25, 0.3) is 0 Å². The monoisotopic (exact) mass is 242 g/mol. The van der Waals surface area contributed by atoms with Gasteiger partial charge in [-0.3, -0.25) is 10.3 Å². The van der Waals surface area contributed by atoms with Crippen molar-refractivity contribution in [3.05, 3.63) is 0 Å². The summed E-state index contributed by atoms with van der Waals surface area (Å²) >= 11 is 0. The molecular weight excluding hydrogens is 216 g/mol. The molecule has 5 heteroatoms. The molecule has 0 spiro atoms. The van der Waals surface area contributed by atoms with Crippen LogP contribution in [0.4, 0.5) is 0 Å². The number of likely N-dealkylation sites (N-methyl/N-ethyl adjacent to an activating group) is 1. The lowest BCUT2D eigenvalue weighted by atomic mass is 10.1. The number of hydrogen-bond donors (Lipinski definition) is 3. The Hall–Kier alpha value is -0.650. The molecule has 0 saturated carbocycles. The van der Waals surface area contributed by atoms with Gasteiger partial charge in [-0.15, -0.1) is 0 Å². The molecule has 4 N–H and O–H groups in total. The van der Waals surface area contributed by atoms with Gasteiger partial charge in [0.2, 0.25) is 0 Å². The van der Waals surface area contributed by atoms with Crippen LogP contribution in [0.15, 0.2) is 0 Å². The zero-order chi connectivity index (χ0) is 13.0. The molecule has 0 bridgehead atoms. The maximum absolute atomic E-state index is 9.82. The zero-order valence-electron chi connectivity index (χ0n) is 11.2. The van der Waals surface area contributed by atoms with Crippen molar-refractivity contribution in [1.29, 1.82) is 5.41 Å². The van der Waals surface area contributed by atoms with Crippen LogP contribution in [-0.2, 0) is 0 Å². The molecule has 0 aromatic rings. The van der Waals surface area contributed by atoms with Crippen LogP contribution in [0.1, 0.15) is 26.2 Å². The quantitative estimate of drug-likeness (QED) is 0.456. The van der Waals surface area contributed by atoms with Gasteiger partial charge in [0.15, 0.2) is 0 Å². The highest BCUT2D eigenvalue weighted by atomic mass is 16.3. The summed E-state index contributed by atoms with van der Waals surface area (Å²) in [4.78, 5) is 4.47. The topological polar surface area (TPSA) is 76.6 Å². The van der Waals surface area contributed by atoms with E-state index in [0.717, 1.165) is 19.4 Å². The zero-order valence-corrected chi connectivity index (χ0v) is 11.2. The first-order valence-electron chi connectivity index (χ1n) is 6.35. The molecule has 1 heterocycles. The number of likely N-dealkylation sites (tertiary alicyclic amines) is 1. The second-order valence-corrected chi connectivity index (χ2v) is 5.29. The number of rotatable bonds is 6. The van der Waals surface area contributed by atoms with Gasteiger partial charge >= 0.3 is 0 Å². The number of nitrogens with two attached hydrogens (primary N) is 1. The van der Waals surface area contributed by atoms with Crippen molar-refractivity contribution in [2.45, 2.75) is 44.4 Å². The number of hydrogen-bond acceptors (Lipinski definition) is 4. The Balaban J connectivity index is 2.66. The number of nitrogens with one attached hydrogen (secondary N) is 1. The van der Waals surface area contributed by atoms with Gasteiger partial charge in [-0.2, -0.15) is 0 Å². The predicted octanol–water partition coefficient (Wildman–Crippen LogP) is 0.0879. The molecule has 0 aliphatic carbocycles. The van der Waals surface area contributed by atoms with Gasteiger partial charge in [0.1, 0.15) is 0 Å². The maximum atomic E-state index is 9.82. The van der Waals surface area contributed by atoms with Crippen LogP contribution in [0.5, 0.6) is 0 Å². The van der Waals surface area contributed by atoms with Crippen molar-refractivity contribution in [2.24, 2.45) is 5.73 Å². The average Bonchev–Trinajstić information content (AvgIpc) is 2.54. The second kappa shape index (κ2) is 6.33. The summed E-state index contributed by atoms with van der Waals surface area (Å²) in [6.07, 6.45) is 2.16. The summed E-state index contributed by atoms with van der Waals surface area (Å²) in [5.41, 5.74) is 5.50. The molecule has 3 unspecified atom stereocenters. The first-order chi connectivity index (χ1) is 7.93. The molecular formula is C12H26N4O. The molecule has 1 fully saturated rings. The summed E-state index contributed by atoms with van der Waals surface area (Å²) in [6.45, 7) is 3.78. The highest BCUT2D eigenvalue weighted by Gasteiger charge is 2.35. The lowest BCUT2D eigenvalue weighted by Crippen LogP contribution is -2.45. The standard InChI is InChI=1S/C12H26N4O/c1-4-9(6-12(13)14)16-8-11(17)5-10(16)7-15(2)3/h9-11,17H,4-8H2,1-3H3,(H3,13,14).